The number of imidazole rings is 1. The molecule has 7 rings (SSSR count). The van der Waals surface area contributed by atoms with Crippen molar-refractivity contribution < 1.29 is 11.0 Å². The second-order valence-corrected chi connectivity index (χ2v) is 9.56. The molecule has 4 fully saturated rings. The SMILES string of the molecule is COC(=O)c1cccc2[nH]c(-c3cccc(C45CC6CC(CC(C6)C4)C5)c3)nc12.[HH]. The predicted molar refractivity (Wildman–Crippen MR) is 115 cm³/mol. The van der Waals surface area contributed by atoms with Crippen molar-refractivity contribution in [3.05, 3.63) is 53.6 Å². The molecule has 29 heavy (non-hydrogen) atoms. The number of hydrogen-bond acceptors (Lipinski definition) is 3. The summed E-state index contributed by atoms with van der Waals surface area (Å²) in [5.41, 5.74) is 5.00. The number of fused-ring (bicyclic) bond motifs is 1. The molecule has 0 saturated heterocycles. The minimum Gasteiger partial charge on any atom is -0.465 e. The minimum atomic E-state index is -0.351. The van der Waals surface area contributed by atoms with Gasteiger partial charge in [-0.15, -0.1) is 0 Å². The quantitative estimate of drug-likeness (QED) is 0.583. The van der Waals surface area contributed by atoms with Crippen molar-refractivity contribution in [3.8, 4) is 11.4 Å². The lowest BCUT2D eigenvalue weighted by atomic mass is 9.48. The van der Waals surface area contributed by atoms with Crippen LogP contribution >= 0.6 is 0 Å². The molecule has 4 aliphatic carbocycles. The largest absolute Gasteiger partial charge is 0.465 e. The van der Waals surface area contributed by atoms with Crippen LogP contribution in [0.15, 0.2) is 42.5 Å². The maximum Gasteiger partial charge on any atom is 0.340 e. The molecule has 150 valence electrons. The molecule has 3 aromatic rings. The van der Waals surface area contributed by atoms with E-state index in [4.69, 9.17) is 9.72 Å². The van der Waals surface area contributed by atoms with Crippen molar-refractivity contribution in [2.75, 3.05) is 7.11 Å². The Morgan fingerprint density at radius 2 is 1.76 bits per heavy atom. The van der Waals surface area contributed by atoms with Crippen LogP contribution < -0.4 is 0 Å². The summed E-state index contributed by atoms with van der Waals surface area (Å²) < 4.78 is 4.92. The lowest BCUT2D eigenvalue weighted by molar-refractivity contribution is -0.00517. The number of carbonyl (C=O) groups is 1. The number of H-pyrrole nitrogens is 1. The Bertz CT molecular complexity index is 1080. The first kappa shape index (κ1) is 17.3. The molecular formula is C25H28N2O2. The van der Waals surface area contributed by atoms with Gasteiger partial charge in [0.05, 0.1) is 18.2 Å². The highest BCUT2D eigenvalue weighted by Gasteiger charge is 2.51. The standard InChI is InChI=1S/C25H26N2O2.H2/c1-29-24(28)20-6-3-7-21-22(20)27-23(26-21)18-4-2-5-19(11-18)25-12-15-8-16(13-25)10-17(9-15)14-25;/h2-7,11,15-17H,8-10,12-14H2,1H3,(H,26,27);1H. The zero-order valence-electron chi connectivity index (χ0n) is 16.8. The van der Waals surface area contributed by atoms with Gasteiger partial charge in [-0.25, -0.2) is 9.78 Å². The van der Waals surface area contributed by atoms with Gasteiger partial charge in [-0.05, 0) is 85.5 Å². The van der Waals surface area contributed by atoms with Gasteiger partial charge >= 0.3 is 5.97 Å². The number of hydrogen-bond donors (Lipinski definition) is 1. The predicted octanol–water partition coefficient (Wildman–Crippen LogP) is 5.73. The van der Waals surface area contributed by atoms with E-state index >= 15 is 0 Å². The molecule has 1 N–H and O–H groups in total. The van der Waals surface area contributed by atoms with E-state index in [0.29, 0.717) is 16.5 Å². The van der Waals surface area contributed by atoms with Crippen molar-refractivity contribution in [1.29, 1.82) is 0 Å². The van der Waals surface area contributed by atoms with Crippen molar-refractivity contribution in [1.82, 2.24) is 9.97 Å². The highest BCUT2D eigenvalue weighted by atomic mass is 16.5. The summed E-state index contributed by atoms with van der Waals surface area (Å²) in [6.07, 6.45) is 8.44. The van der Waals surface area contributed by atoms with Crippen LogP contribution in [0.1, 0.15) is 55.9 Å². The first-order valence-electron chi connectivity index (χ1n) is 10.8. The van der Waals surface area contributed by atoms with Crippen LogP contribution in [0.3, 0.4) is 0 Å². The summed E-state index contributed by atoms with van der Waals surface area (Å²) in [5.74, 6) is 3.26. The number of aromatic nitrogens is 2. The van der Waals surface area contributed by atoms with E-state index in [2.05, 4.69) is 29.2 Å². The Balaban J connectivity index is 0.00000193. The number of nitrogens with zero attached hydrogens (tertiary/aromatic N) is 1. The molecule has 4 aliphatic rings. The average molecular weight is 389 g/mol. The van der Waals surface area contributed by atoms with Crippen LogP contribution in [0.2, 0.25) is 0 Å². The molecule has 1 aromatic heterocycles. The summed E-state index contributed by atoms with van der Waals surface area (Å²) in [4.78, 5) is 20.3. The van der Waals surface area contributed by atoms with E-state index in [1.54, 1.807) is 6.07 Å². The number of benzene rings is 2. The number of para-hydroxylation sites is 1. The number of ether oxygens (including phenoxy) is 1. The molecule has 4 bridgehead atoms. The Labute approximate surface area is 172 Å². The number of aromatic amines is 1. The van der Waals surface area contributed by atoms with E-state index in [-0.39, 0.29) is 7.40 Å². The minimum absolute atomic E-state index is 0. The Kier molecular flexibility index (Phi) is 3.68. The molecule has 0 spiro atoms. The van der Waals surface area contributed by atoms with Crippen LogP contribution in [0.5, 0.6) is 0 Å². The van der Waals surface area contributed by atoms with Gasteiger partial charge in [0.2, 0.25) is 0 Å². The lowest BCUT2D eigenvalue weighted by Gasteiger charge is -2.57. The second kappa shape index (κ2) is 6.19. The van der Waals surface area contributed by atoms with Crippen LogP contribution in [0.25, 0.3) is 22.4 Å². The smallest absolute Gasteiger partial charge is 0.340 e. The van der Waals surface area contributed by atoms with Crippen molar-refractivity contribution in [3.63, 3.8) is 0 Å². The van der Waals surface area contributed by atoms with Crippen molar-refractivity contribution in [2.24, 2.45) is 17.8 Å². The third kappa shape index (κ3) is 2.65. The number of methoxy groups -OCH3 is 1. The summed E-state index contributed by atoms with van der Waals surface area (Å²) in [5, 5.41) is 0. The van der Waals surface area contributed by atoms with Gasteiger partial charge in [-0.2, -0.15) is 0 Å². The third-order valence-electron chi connectivity index (χ3n) is 7.70. The molecule has 0 atom stereocenters. The molecule has 1 heterocycles. The van der Waals surface area contributed by atoms with Gasteiger partial charge in [-0.1, -0.05) is 24.3 Å². The van der Waals surface area contributed by atoms with E-state index in [9.17, 15) is 4.79 Å². The normalized spacial score (nSPS) is 30.0. The molecule has 0 aliphatic heterocycles. The number of nitrogens with one attached hydrogen (secondary N) is 1. The van der Waals surface area contributed by atoms with Gasteiger partial charge in [0.15, 0.2) is 0 Å². The number of carbonyl (C=O) groups excluding carboxylic acids is 1. The van der Waals surface area contributed by atoms with Crippen molar-refractivity contribution in [2.45, 2.75) is 43.9 Å². The van der Waals surface area contributed by atoms with E-state index < -0.39 is 0 Å². The molecule has 4 saturated carbocycles. The number of esters is 1. The van der Waals surface area contributed by atoms with E-state index in [1.165, 1.54) is 51.2 Å². The topological polar surface area (TPSA) is 55.0 Å². The van der Waals surface area contributed by atoms with Gasteiger partial charge < -0.3 is 9.72 Å². The van der Waals surface area contributed by atoms with E-state index in [1.807, 2.05) is 12.1 Å². The lowest BCUT2D eigenvalue weighted by Crippen LogP contribution is -2.48. The average Bonchev–Trinajstić information content (AvgIpc) is 3.17. The first-order chi connectivity index (χ1) is 14.1. The highest BCUT2D eigenvalue weighted by molar-refractivity contribution is 6.02. The zero-order chi connectivity index (χ0) is 19.6. The summed E-state index contributed by atoms with van der Waals surface area (Å²) >= 11 is 0. The number of rotatable bonds is 3. The first-order valence-corrected chi connectivity index (χ1v) is 10.8. The third-order valence-corrected chi connectivity index (χ3v) is 7.70. The van der Waals surface area contributed by atoms with E-state index in [0.717, 1.165) is 34.7 Å². The Hall–Kier alpha value is -2.62. The monoisotopic (exact) mass is 388 g/mol. The molecule has 2 aromatic carbocycles. The zero-order valence-corrected chi connectivity index (χ0v) is 16.8. The molecule has 0 radical (unpaired) electrons. The fraction of sp³-hybridized carbons (Fsp3) is 0.440. The summed E-state index contributed by atoms with van der Waals surface area (Å²) in [6.45, 7) is 0. The fourth-order valence-corrected chi connectivity index (χ4v) is 6.90. The maximum atomic E-state index is 12.1. The molecule has 0 unspecified atom stereocenters. The molecule has 4 heteroatoms. The molecular weight excluding hydrogens is 360 g/mol. The van der Waals surface area contributed by atoms with Gasteiger partial charge in [0.25, 0.3) is 0 Å². The Morgan fingerprint density at radius 3 is 2.45 bits per heavy atom. The Morgan fingerprint density at radius 1 is 1.07 bits per heavy atom. The van der Waals surface area contributed by atoms with Crippen LogP contribution in [-0.2, 0) is 10.2 Å². The van der Waals surface area contributed by atoms with Crippen LogP contribution in [0, 0.1) is 17.8 Å². The van der Waals surface area contributed by atoms with Gasteiger partial charge in [0, 0.05) is 6.99 Å². The van der Waals surface area contributed by atoms with Crippen LogP contribution in [0.4, 0.5) is 0 Å². The maximum absolute atomic E-state index is 12.1. The van der Waals surface area contributed by atoms with Crippen molar-refractivity contribution >= 4 is 17.0 Å². The second-order valence-electron chi connectivity index (χ2n) is 9.56. The fourth-order valence-electron chi connectivity index (χ4n) is 6.90. The van der Waals surface area contributed by atoms with Gasteiger partial charge in [0.1, 0.15) is 11.3 Å². The highest BCUT2D eigenvalue weighted by Crippen LogP contribution is 2.60. The molecule has 0 amide bonds. The van der Waals surface area contributed by atoms with Crippen LogP contribution in [-0.4, -0.2) is 23.0 Å². The van der Waals surface area contributed by atoms with Gasteiger partial charge in [-0.3, -0.25) is 0 Å². The summed E-state index contributed by atoms with van der Waals surface area (Å²) in [7, 11) is 1.41. The summed E-state index contributed by atoms with van der Waals surface area (Å²) in [6, 6.07) is 14.6. The molecule has 4 nitrogen and oxygen atoms in total.